The van der Waals surface area contributed by atoms with E-state index < -0.39 is 0 Å². The molecule has 3 heteroatoms. The van der Waals surface area contributed by atoms with Crippen LogP contribution in [0.5, 0.6) is 0 Å². The van der Waals surface area contributed by atoms with Gasteiger partial charge in [0, 0.05) is 12.4 Å². The zero-order valence-electron chi connectivity index (χ0n) is 9.75. The van der Waals surface area contributed by atoms with Gasteiger partial charge in [0.05, 0.1) is 5.70 Å². The van der Waals surface area contributed by atoms with E-state index in [1.807, 2.05) is 7.05 Å². The van der Waals surface area contributed by atoms with Gasteiger partial charge in [-0.1, -0.05) is 33.7 Å². The predicted octanol–water partition coefficient (Wildman–Crippen LogP) is 3.13. The summed E-state index contributed by atoms with van der Waals surface area (Å²) in [5, 5.41) is 2.62. The minimum atomic E-state index is 0.874. The van der Waals surface area contributed by atoms with Crippen LogP contribution < -0.4 is 5.84 Å². The Hall–Kier alpha value is -0.540. The van der Waals surface area contributed by atoms with E-state index >= 15 is 0 Å². The van der Waals surface area contributed by atoms with Crippen molar-refractivity contribution >= 4 is 15.9 Å². The van der Waals surface area contributed by atoms with E-state index in [9.17, 15) is 0 Å². The van der Waals surface area contributed by atoms with Gasteiger partial charge in [-0.3, -0.25) is 0 Å². The number of rotatable bonds is 3. The smallest absolute Gasteiger partial charge is 0.0514 e. The summed E-state index contributed by atoms with van der Waals surface area (Å²) in [6.45, 7) is 0. The van der Waals surface area contributed by atoms with Gasteiger partial charge in [0.2, 0.25) is 0 Å². The second kappa shape index (κ2) is 5.19. The van der Waals surface area contributed by atoms with Crippen LogP contribution in [0.1, 0.15) is 25.7 Å². The molecule has 1 saturated carbocycles. The normalized spacial score (nSPS) is 31.3. The zero-order chi connectivity index (χ0) is 11.5. The minimum absolute atomic E-state index is 0.874. The molecule has 0 aromatic heterocycles. The molecular formula is C13H19BrN2. The number of hydrazine groups is 1. The van der Waals surface area contributed by atoms with Crippen molar-refractivity contribution in [3.63, 3.8) is 0 Å². The van der Waals surface area contributed by atoms with Gasteiger partial charge in [-0.2, -0.15) is 0 Å². The third-order valence-electron chi connectivity index (χ3n) is 3.29. The van der Waals surface area contributed by atoms with Crippen LogP contribution in [0.3, 0.4) is 0 Å². The highest BCUT2D eigenvalue weighted by molar-refractivity contribution is 9.09. The van der Waals surface area contributed by atoms with Gasteiger partial charge in [-0.05, 0) is 43.3 Å². The molecule has 0 unspecified atom stereocenters. The van der Waals surface area contributed by atoms with Crippen LogP contribution in [0.4, 0.5) is 0 Å². The Kier molecular flexibility index (Phi) is 3.87. The van der Waals surface area contributed by atoms with Crippen LogP contribution in [0.2, 0.25) is 0 Å². The van der Waals surface area contributed by atoms with Crippen molar-refractivity contribution in [2.75, 3.05) is 12.4 Å². The first kappa shape index (κ1) is 11.9. The monoisotopic (exact) mass is 282 g/mol. The maximum atomic E-state index is 5.84. The fourth-order valence-electron chi connectivity index (χ4n) is 2.18. The lowest BCUT2D eigenvalue weighted by atomic mass is 9.98. The molecule has 0 heterocycles. The van der Waals surface area contributed by atoms with E-state index in [0.717, 1.165) is 23.4 Å². The first-order valence-corrected chi connectivity index (χ1v) is 6.98. The molecule has 0 bridgehead atoms. The Morgan fingerprint density at radius 2 is 2.19 bits per heavy atom. The molecule has 16 heavy (non-hydrogen) atoms. The van der Waals surface area contributed by atoms with Crippen molar-refractivity contribution < 1.29 is 0 Å². The van der Waals surface area contributed by atoms with Crippen molar-refractivity contribution in [3.8, 4) is 0 Å². The largest absolute Gasteiger partial charge is 0.314 e. The SMILES string of the molecule is CN(N)C1=C(\CBr)CC/C(C2CC2)=C/C=C\1. The second-order valence-electron chi connectivity index (χ2n) is 4.61. The number of allylic oxidation sites excluding steroid dienone is 5. The van der Waals surface area contributed by atoms with Gasteiger partial charge in [0.1, 0.15) is 0 Å². The molecule has 0 atom stereocenters. The fraction of sp³-hybridized carbons (Fsp3) is 0.538. The highest BCUT2D eigenvalue weighted by Gasteiger charge is 2.25. The third kappa shape index (κ3) is 2.77. The summed E-state index contributed by atoms with van der Waals surface area (Å²) in [5.41, 5.74) is 4.16. The average Bonchev–Trinajstić information content (AvgIpc) is 3.01. The lowest BCUT2D eigenvalue weighted by Gasteiger charge is -2.20. The molecule has 2 aliphatic carbocycles. The summed E-state index contributed by atoms with van der Waals surface area (Å²) in [6, 6.07) is 0. The summed E-state index contributed by atoms with van der Waals surface area (Å²) in [6.07, 6.45) is 11.6. The van der Waals surface area contributed by atoms with Crippen molar-refractivity contribution in [2.45, 2.75) is 25.7 Å². The molecule has 0 aromatic rings. The Morgan fingerprint density at radius 3 is 2.75 bits per heavy atom. The van der Waals surface area contributed by atoms with Crippen molar-refractivity contribution in [1.82, 2.24) is 5.01 Å². The van der Waals surface area contributed by atoms with E-state index in [-0.39, 0.29) is 0 Å². The Balaban J connectivity index is 2.19. The molecule has 0 amide bonds. The Bertz CT molecular complexity index is 349. The summed E-state index contributed by atoms with van der Waals surface area (Å²) in [5.74, 6) is 6.72. The van der Waals surface area contributed by atoms with Gasteiger partial charge in [-0.25, -0.2) is 5.84 Å². The van der Waals surface area contributed by atoms with Crippen LogP contribution >= 0.6 is 15.9 Å². The number of likely N-dealkylation sites (N-methyl/N-ethyl adjacent to an activating group) is 1. The number of hydrogen-bond donors (Lipinski definition) is 1. The molecule has 2 nitrogen and oxygen atoms in total. The average molecular weight is 283 g/mol. The molecule has 1 fully saturated rings. The molecule has 0 radical (unpaired) electrons. The Morgan fingerprint density at radius 1 is 1.44 bits per heavy atom. The van der Waals surface area contributed by atoms with Gasteiger partial charge < -0.3 is 5.01 Å². The molecule has 0 aliphatic heterocycles. The van der Waals surface area contributed by atoms with E-state index in [2.05, 4.69) is 34.2 Å². The molecule has 0 aromatic carbocycles. The highest BCUT2D eigenvalue weighted by atomic mass is 79.9. The van der Waals surface area contributed by atoms with E-state index in [1.165, 1.54) is 24.8 Å². The Labute approximate surface area is 106 Å². The zero-order valence-corrected chi connectivity index (χ0v) is 11.3. The number of nitrogens with zero attached hydrogens (tertiary/aromatic N) is 1. The molecular weight excluding hydrogens is 264 g/mol. The van der Waals surface area contributed by atoms with Crippen LogP contribution in [-0.4, -0.2) is 17.4 Å². The topological polar surface area (TPSA) is 29.3 Å². The number of nitrogens with two attached hydrogens (primary N) is 1. The standard InChI is InChI=1S/C13H19BrN2/c1-16(15)13-4-2-3-10(11-5-6-11)7-8-12(13)9-14/h2-4,11H,5-9,15H2,1H3/b4-2-,10-3-,13-12-. The minimum Gasteiger partial charge on any atom is -0.314 e. The van der Waals surface area contributed by atoms with Crippen LogP contribution in [-0.2, 0) is 0 Å². The van der Waals surface area contributed by atoms with Crippen molar-refractivity contribution in [3.05, 3.63) is 35.1 Å². The summed E-state index contributed by atoms with van der Waals surface area (Å²) >= 11 is 3.56. The second-order valence-corrected chi connectivity index (χ2v) is 5.17. The molecule has 2 N–H and O–H groups in total. The lowest BCUT2D eigenvalue weighted by molar-refractivity contribution is 0.448. The number of hydrogen-bond acceptors (Lipinski definition) is 2. The van der Waals surface area contributed by atoms with Gasteiger partial charge >= 0.3 is 0 Å². The summed E-state index contributed by atoms with van der Waals surface area (Å²) in [7, 11) is 1.90. The molecule has 0 saturated heterocycles. The van der Waals surface area contributed by atoms with Gasteiger partial charge in [0.15, 0.2) is 0 Å². The first-order chi connectivity index (χ1) is 7.72. The molecule has 88 valence electrons. The van der Waals surface area contributed by atoms with Crippen molar-refractivity contribution in [1.29, 1.82) is 0 Å². The van der Waals surface area contributed by atoms with Gasteiger partial charge in [0.25, 0.3) is 0 Å². The highest BCUT2D eigenvalue weighted by Crippen LogP contribution is 2.39. The quantitative estimate of drug-likeness (QED) is 0.490. The maximum absolute atomic E-state index is 5.84. The van der Waals surface area contributed by atoms with E-state index in [4.69, 9.17) is 5.84 Å². The summed E-state index contributed by atoms with van der Waals surface area (Å²) in [4.78, 5) is 0. The number of alkyl halides is 1. The van der Waals surface area contributed by atoms with E-state index in [0.29, 0.717) is 0 Å². The lowest BCUT2D eigenvalue weighted by Crippen LogP contribution is -2.26. The van der Waals surface area contributed by atoms with Crippen molar-refractivity contribution in [2.24, 2.45) is 11.8 Å². The molecule has 2 rings (SSSR count). The van der Waals surface area contributed by atoms with Crippen LogP contribution in [0.15, 0.2) is 35.1 Å². The van der Waals surface area contributed by atoms with E-state index in [1.54, 1.807) is 10.6 Å². The summed E-state index contributed by atoms with van der Waals surface area (Å²) < 4.78 is 0. The van der Waals surface area contributed by atoms with Crippen LogP contribution in [0, 0.1) is 5.92 Å². The molecule has 0 spiro atoms. The fourth-order valence-corrected chi connectivity index (χ4v) is 2.75. The van der Waals surface area contributed by atoms with Crippen LogP contribution in [0.25, 0.3) is 0 Å². The number of halogens is 1. The predicted molar refractivity (Wildman–Crippen MR) is 72.0 cm³/mol. The third-order valence-corrected chi connectivity index (χ3v) is 3.96. The maximum Gasteiger partial charge on any atom is 0.0514 e. The van der Waals surface area contributed by atoms with Gasteiger partial charge in [-0.15, -0.1) is 0 Å². The first-order valence-electron chi connectivity index (χ1n) is 5.86. The molecule has 2 aliphatic rings.